The monoisotopic (exact) mass is 397 g/mol. The van der Waals surface area contributed by atoms with E-state index in [1.807, 2.05) is 17.5 Å². The van der Waals surface area contributed by atoms with Gasteiger partial charge in [0.2, 0.25) is 9.84 Å². The van der Waals surface area contributed by atoms with Gasteiger partial charge in [0.25, 0.3) is 5.91 Å². The second kappa shape index (κ2) is 6.75. The van der Waals surface area contributed by atoms with E-state index in [0.29, 0.717) is 13.0 Å². The quantitative estimate of drug-likeness (QED) is 0.574. The van der Waals surface area contributed by atoms with Crippen molar-refractivity contribution in [1.82, 2.24) is 5.32 Å². The van der Waals surface area contributed by atoms with Crippen molar-refractivity contribution < 1.29 is 18.0 Å². The first-order valence-corrected chi connectivity index (χ1v) is 10.7. The number of carbonyl (C=O) groups is 2. The Morgan fingerprint density at radius 3 is 2.52 bits per heavy atom. The summed E-state index contributed by atoms with van der Waals surface area (Å²) in [6, 6.07) is 14.3. The SMILES string of the molecule is O=C(NCCc1cccs1)c1ccc2c(c1)S(=O)(=O)c1ccccc1C2=O. The third kappa shape index (κ3) is 3.09. The molecule has 2 heterocycles. The summed E-state index contributed by atoms with van der Waals surface area (Å²) in [6.07, 6.45) is 0.707. The molecule has 5 nitrogen and oxygen atoms in total. The fraction of sp³-hybridized carbons (Fsp3) is 0.100. The minimum atomic E-state index is -3.85. The fourth-order valence-corrected chi connectivity index (χ4v) is 5.47. The molecule has 0 atom stereocenters. The molecule has 1 amide bonds. The summed E-state index contributed by atoms with van der Waals surface area (Å²) >= 11 is 1.61. The topological polar surface area (TPSA) is 80.3 Å². The fourth-order valence-electron chi connectivity index (χ4n) is 3.08. The minimum absolute atomic E-state index is 0.0160. The number of hydrogen-bond acceptors (Lipinski definition) is 5. The first-order chi connectivity index (χ1) is 13.0. The molecule has 1 aliphatic heterocycles. The molecule has 2 aromatic carbocycles. The number of nitrogens with one attached hydrogen (secondary N) is 1. The average molecular weight is 397 g/mol. The molecule has 1 aliphatic rings. The van der Waals surface area contributed by atoms with Gasteiger partial charge < -0.3 is 5.32 Å². The van der Waals surface area contributed by atoms with Crippen LogP contribution < -0.4 is 5.32 Å². The van der Waals surface area contributed by atoms with Crippen LogP contribution in [0.25, 0.3) is 0 Å². The average Bonchev–Trinajstić information content (AvgIpc) is 3.19. The first kappa shape index (κ1) is 17.6. The summed E-state index contributed by atoms with van der Waals surface area (Å²) in [6.45, 7) is 0.449. The number of amides is 1. The molecule has 4 rings (SSSR count). The van der Waals surface area contributed by atoms with Crippen LogP contribution in [0.15, 0.2) is 69.8 Å². The lowest BCUT2D eigenvalue weighted by Crippen LogP contribution is -2.27. The van der Waals surface area contributed by atoms with E-state index in [-0.39, 0.29) is 38.2 Å². The van der Waals surface area contributed by atoms with Crippen molar-refractivity contribution in [2.45, 2.75) is 16.2 Å². The van der Waals surface area contributed by atoms with Gasteiger partial charge in [-0.05, 0) is 48.2 Å². The Balaban J connectivity index is 1.62. The molecular formula is C20H15NO4S2. The number of benzene rings is 2. The molecule has 0 saturated heterocycles. The summed E-state index contributed by atoms with van der Waals surface area (Å²) in [7, 11) is -3.85. The number of ketones is 1. The first-order valence-electron chi connectivity index (χ1n) is 8.32. The second-order valence-electron chi connectivity index (χ2n) is 6.12. The number of fused-ring (bicyclic) bond motifs is 2. The maximum absolute atomic E-state index is 12.9. The second-order valence-corrected chi connectivity index (χ2v) is 9.04. The van der Waals surface area contributed by atoms with E-state index < -0.39 is 9.84 Å². The van der Waals surface area contributed by atoms with E-state index in [1.165, 1.54) is 30.3 Å². The van der Waals surface area contributed by atoms with E-state index in [9.17, 15) is 18.0 Å². The molecule has 0 aliphatic carbocycles. The normalized spacial score (nSPS) is 14.3. The van der Waals surface area contributed by atoms with Gasteiger partial charge in [0.1, 0.15) is 0 Å². The highest BCUT2D eigenvalue weighted by atomic mass is 32.2. The Morgan fingerprint density at radius 1 is 0.963 bits per heavy atom. The van der Waals surface area contributed by atoms with Crippen molar-refractivity contribution in [2.75, 3.05) is 6.54 Å². The third-order valence-corrected chi connectivity index (χ3v) is 7.22. The predicted molar refractivity (Wildman–Crippen MR) is 102 cm³/mol. The van der Waals surface area contributed by atoms with E-state index in [2.05, 4.69) is 5.32 Å². The zero-order chi connectivity index (χ0) is 19.0. The molecule has 0 spiro atoms. The minimum Gasteiger partial charge on any atom is -0.352 e. The van der Waals surface area contributed by atoms with Crippen LogP contribution in [0.5, 0.6) is 0 Å². The van der Waals surface area contributed by atoms with Gasteiger partial charge in [0.15, 0.2) is 5.78 Å². The number of thiophene rings is 1. The van der Waals surface area contributed by atoms with Crippen molar-refractivity contribution >= 4 is 32.9 Å². The Hall–Kier alpha value is -2.77. The Labute approximate surface area is 160 Å². The number of rotatable bonds is 4. The maximum atomic E-state index is 12.9. The van der Waals surface area contributed by atoms with Crippen LogP contribution in [0.4, 0.5) is 0 Å². The highest BCUT2D eigenvalue weighted by molar-refractivity contribution is 7.91. The van der Waals surface area contributed by atoms with Gasteiger partial charge in [-0.1, -0.05) is 18.2 Å². The van der Waals surface area contributed by atoms with Crippen LogP contribution in [0.1, 0.15) is 31.2 Å². The molecule has 0 fully saturated rings. The van der Waals surface area contributed by atoms with Crippen LogP contribution in [-0.2, 0) is 16.3 Å². The Bertz CT molecular complexity index is 1150. The predicted octanol–water partition coefficient (Wildman–Crippen LogP) is 3.10. The van der Waals surface area contributed by atoms with E-state index in [4.69, 9.17) is 0 Å². The largest absolute Gasteiger partial charge is 0.352 e. The van der Waals surface area contributed by atoms with Crippen LogP contribution in [0.2, 0.25) is 0 Å². The molecule has 0 unspecified atom stereocenters. The van der Waals surface area contributed by atoms with Gasteiger partial charge in [0.05, 0.1) is 9.79 Å². The van der Waals surface area contributed by atoms with Crippen LogP contribution in [0.3, 0.4) is 0 Å². The van der Waals surface area contributed by atoms with E-state index in [1.54, 1.807) is 23.5 Å². The lowest BCUT2D eigenvalue weighted by atomic mass is 10.0. The molecule has 136 valence electrons. The van der Waals surface area contributed by atoms with Crippen molar-refractivity contribution in [2.24, 2.45) is 0 Å². The summed E-state index contributed by atoms with van der Waals surface area (Å²) in [5.74, 6) is -0.712. The Morgan fingerprint density at radius 2 is 1.74 bits per heavy atom. The molecule has 1 N–H and O–H groups in total. The molecule has 1 aromatic heterocycles. The van der Waals surface area contributed by atoms with Crippen molar-refractivity contribution in [3.8, 4) is 0 Å². The lowest BCUT2D eigenvalue weighted by Gasteiger charge is -2.19. The van der Waals surface area contributed by atoms with E-state index >= 15 is 0 Å². The Kier molecular flexibility index (Phi) is 4.41. The van der Waals surface area contributed by atoms with Crippen molar-refractivity contribution in [3.63, 3.8) is 0 Å². The van der Waals surface area contributed by atoms with Gasteiger partial charge in [-0.25, -0.2) is 8.42 Å². The molecule has 7 heteroatoms. The molecule has 27 heavy (non-hydrogen) atoms. The maximum Gasteiger partial charge on any atom is 0.251 e. The molecule has 3 aromatic rings. The number of carbonyl (C=O) groups excluding carboxylic acids is 2. The van der Waals surface area contributed by atoms with Gasteiger partial charge in [-0.3, -0.25) is 9.59 Å². The van der Waals surface area contributed by atoms with E-state index in [0.717, 1.165) is 4.88 Å². The van der Waals surface area contributed by atoms with Gasteiger partial charge in [-0.15, -0.1) is 11.3 Å². The third-order valence-electron chi connectivity index (χ3n) is 4.44. The number of sulfone groups is 1. The highest BCUT2D eigenvalue weighted by Crippen LogP contribution is 2.34. The molecule has 0 bridgehead atoms. The zero-order valence-electron chi connectivity index (χ0n) is 14.1. The van der Waals surface area contributed by atoms with Gasteiger partial charge in [-0.2, -0.15) is 0 Å². The lowest BCUT2D eigenvalue weighted by molar-refractivity contribution is 0.0952. The van der Waals surface area contributed by atoms with Crippen molar-refractivity contribution in [1.29, 1.82) is 0 Å². The zero-order valence-corrected chi connectivity index (χ0v) is 15.8. The molecule has 0 radical (unpaired) electrons. The standard InChI is InChI=1S/C20H15NO4S2/c22-19-15-5-1-2-6-17(15)27(24,25)18-12-13(7-8-16(18)19)20(23)21-10-9-14-4-3-11-26-14/h1-8,11-12H,9-10H2,(H,21,23). The van der Waals surface area contributed by atoms with Crippen LogP contribution >= 0.6 is 11.3 Å². The highest BCUT2D eigenvalue weighted by Gasteiger charge is 2.34. The summed E-state index contributed by atoms with van der Waals surface area (Å²) in [5.41, 5.74) is 0.484. The van der Waals surface area contributed by atoms with Crippen LogP contribution in [0, 0.1) is 0 Å². The van der Waals surface area contributed by atoms with Crippen LogP contribution in [-0.4, -0.2) is 26.7 Å². The molecular weight excluding hydrogens is 382 g/mol. The summed E-state index contributed by atoms with van der Waals surface area (Å²) in [5, 5.41) is 4.76. The molecule has 0 saturated carbocycles. The van der Waals surface area contributed by atoms with Crippen molar-refractivity contribution in [3.05, 3.63) is 81.5 Å². The van der Waals surface area contributed by atoms with Gasteiger partial charge >= 0.3 is 0 Å². The number of hydrogen-bond donors (Lipinski definition) is 1. The smallest absolute Gasteiger partial charge is 0.251 e. The van der Waals surface area contributed by atoms with Gasteiger partial charge in [0, 0.05) is 28.1 Å². The summed E-state index contributed by atoms with van der Waals surface area (Å²) in [4.78, 5) is 26.1. The summed E-state index contributed by atoms with van der Waals surface area (Å²) < 4.78 is 25.8.